The van der Waals surface area contributed by atoms with Gasteiger partial charge in [0.25, 0.3) is 5.91 Å². The number of furan rings is 1. The van der Waals surface area contributed by atoms with Crippen molar-refractivity contribution in [1.82, 2.24) is 0 Å². The highest BCUT2D eigenvalue weighted by Gasteiger charge is 2.13. The first-order valence-electron chi connectivity index (χ1n) is 5.38. The molecule has 0 spiro atoms. The van der Waals surface area contributed by atoms with Crippen LogP contribution in [0.4, 0.5) is 5.69 Å². The number of benzene rings is 1. The molecule has 0 unspecified atom stereocenters. The predicted octanol–water partition coefficient (Wildman–Crippen LogP) is 3.19. The molecule has 19 heavy (non-hydrogen) atoms. The van der Waals surface area contributed by atoms with Gasteiger partial charge >= 0.3 is 5.97 Å². The van der Waals surface area contributed by atoms with Gasteiger partial charge in [0, 0.05) is 0 Å². The molecular weight excluding hydrogens is 270 g/mol. The fourth-order valence-electron chi connectivity index (χ4n) is 1.49. The Morgan fingerprint density at radius 1 is 1.26 bits per heavy atom. The van der Waals surface area contributed by atoms with E-state index in [1.54, 1.807) is 13.0 Å². The van der Waals surface area contributed by atoms with Crippen molar-refractivity contribution in [3.8, 4) is 0 Å². The standard InChI is InChI=1S/C13H10ClNO4/c1-7-2-5-11(19-7)12(16)15-10-6-8(13(17)18)3-4-9(10)14/h2-6H,1H3,(H,15,16)(H,17,18). The van der Waals surface area contributed by atoms with E-state index >= 15 is 0 Å². The van der Waals surface area contributed by atoms with Crippen LogP contribution in [-0.2, 0) is 0 Å². The Bertz CT molecular complexity index is 648. The van der Waals surface area contributed by atoms with Gasteiger partial charge in [0.2, 0.25) is 0 Å². The molecule has 1 aromatic carbocycles. The van der Waals surface area contributed by atoms with Gasteiger partial charge in [-0.25, -0.2) is 4.79 Å². The molecule has 0 fully saturated rings. The molecule has 0 aliphatic carbocycles. The van der Waals surface area contributed by atoms with Crippen molar-refractivity contribution in [3.05, 3.63) is 52.4 Å². The van der Waals surface area contributed by atoms with Gasteiger partial charge in [-0.2, -0.15) is 0 Å². The number of amides is 1. The highest BCUT2D eigenvalue weighted by atomic mass is 35.5. The molecule has 0 aliphatic heterocycles. The molecule has 0 radical (unpaired) electrons. The van der Waals surface area contributed by atoms with Crippen LogP contribution in [0.1, 0.15) is 26.7 Å². The number of hydrogen-bond acceptors (Lipinski definition) is 3. The molecule has 6 heteroatoms. The summed E-state index contributed by atoms with van der Waals surface area (Å²) >= 11 is 5.90. The van der Waals surface area contributed by atoms with E-state index in [0.717, 1.165) is 0 Å². The zero-order chi connectivity index (χ0) is 14.0. The van der Waals surface area contributed by atoms with Gasteiger partial charge < -0.3 is 14.8 Å². The largest absolute Gasteiger partial charge is 0.478 e. The zero-order valence-corrected chi connectivity index (χ0v) is 10.7. The average molecular weight is 280 g/mol. The number of aryl methyl sites for hydroxylation is 1. The third kappa shape index (κ3) is 2.95. The maximum absolute atomic E-state index is 11.8. The summed E-state index contributed by atoms with van der Waals surface area (Å²) in [6.07, 6.45) is 0. The minimum absolute atomic E-state index is 0.0373. The van der Waals surface area contributed by atoms with Crippen molar-refractivity contribution < 1.29 is 19.1 Å². The third-order valence-corrected chi connectivity index (χ3v) is 2.76. The SMILES string of the molecule is Cc1ccc(C(=O)Nc2cc(C(=O)O)ccc2Cl)o1. The van der Waals surface area contributed by atoms with E-state index in [2.05, 4.69) is 5.32 Å². The molecule has 98 valence electrons. The first-order chi connectivity index (χ1) is 8.97. The van der Waals surface area contributed by atoms with Crippen molar-refractivity contribution in [2.75, 3.05) is 5.32 Å². The summed E-state index contributed by atoms with van der Waals surface area (Å²) in [5, 5.41) is 11.6. The highest BCUT2D eigenvalue weighted by Crippen LogP contribution is 2.24. The molecule has 2 N–H and O–H groups in total. The number of carbonyl (C=O) groups is 2. The quantitative estimate of drug-likeness (QED) is 0.904. The Morgan fingerprint density at radius 3 is 2.58 bits per heavy atom. The molecule has 2 rings (SSSR count). The van der Waals surface area contributed by atoms with Crippen LogP contribution in [0.3, 0.4) is 0 Å². The third-order valence-electron chi connectivity index (χ3n) is 2.43. The van der Waals surface area contributed by atoms with Crippen LogP contribution in [0.15, 0.2) is 34.7 Å². The van der Waals surface area contributed by atoms with Crippen LogP contribution >= 0.6 is 11.6 Å². The predicted molar refractivity (Wildman–Crippen MR) is 69.8 cm³/mol. The van der Waals surface area contributed by atoms with Crippen molar-refractivity contribution in [2.45, 2.75) is 6.92 Å². The van der Waals surface area contributed by atoms with Crippen LogP contribution in [0.25, 0.3) is 0 Å². The maximum atomic E-state index is 11.8. The lowest BCUT2D eigenvalue weighted by molar-refractivity contribution is 0.0696. The van der Waals surface area contributed by atoms with E-state index in [-0.39, 0.29) is 22.0 Å². The summed E-state index contributed by atoms with van der Waals surface area (Å²) < 4.78 is 5.16. The number of anilines is 1. The van der Waals surface area contributed by atoms with E-state index in [1.165, 1.54) is 24.3 Å². The minimum Gasteiger partial charge on any atom is -0.478 e. The number of aromatic carboxylic acids is 1. The topological polar surface area (TPSA) is 79.5 Å². The van der Waals surface area contributed by atoms with E-state index < -0.39 is 11.9 Å². The fraction of sp³-hybridized carbons (Fsp3) is 0.0769. The van der Waals surface area contributed by atoms with E-state index in [4.69, 9.17) is 21.1 Å². The normalized spacial score (nSPS) is 10.2. The molecule has 0 saturated carbocycles. The number of nitrogens with one attached hydrogen (secondary N) is 1. The molecule has 0 saturated heterocycles. The first-order valence-corrected chi connectivity index (χ1v) is 5.76. The van der Waals surface area contributed by atoms with Crippen molar-refractivity contribution in [3.63, 3.8) is 0 Å². The lowest BCUT2D eigenvalue weighted by Gasteiger charge is -2.06. The molecule has 0 aliphatic rings. The number of halogens is 1. The van der Waals surface area contributed by atoms with Crippen LogP contribution in [0, 0.1) is 6.92 Å². The fourth-order valence-corrected chi connectivity index (χ4v) is 1.66. The maximum Gasteiger partial charge on any atom is 0.335 e. The van der Waals surface area contributed by atoms with Gasteiger partial charge in [-0.3, -0.25) is 4.79 Å². The van der Waals surface area contributed by atoms with Crippen LogP contribution < -0.4 is 5.32 Å². The van der Waals surface area contributed by atoms with Gasteiger partial charge in [-0.05, 0) is 37.3 Å². The molecule has 0 bridgehead atoms. The Balaban J connectivity index is 2.25. The number of carboxylic acids is 1. The van der Waals surface area contributed by atoms with Crippen LogP contribution in [0.5, 0.6) is 0 Å². The van der Waals surface area contributed by atoms with E-state index in [1.807, 2.05) is 0 Å². The second-order valence-electron chi connectivity index (χ2n) is 3.86. The molecule has 0 atom stereocenters. The Hall–Kier alpha value is -2.27. The second-order valence-corrected chi connectivity index (χ2v) is 4.27. The number of carboxylic acid groups (broad SMARTS) is 1. The molecular formula is C13H10ClNO4. The summed E-state index contributed by atoms with van der Waals surface area (Å²) in [5.74, 6) is -0.844. The van der Waals surface area contributed by atoms with Crippen molar-refractivity contribution in [2.24, 2.45) is 0 Å². The summed E-state index contributed by atoms with van der Waals surface area (Å²) in [7, 11) is 0. The molecule has 1 amide bonds. The van der Waals surface area contributed by atoms with E-state index in [9.17, 15) is 9.59 Å². The Kier molecular flexibility index (Phi) is 3.57. The van der Waals surface area contributed by atoms with Crippen LogP contribution in [0.2, 0.25) is 5.02 Å². The van der Waals surface area contributed by atoms with Gasteiger partial charge in [-0.15, -0.1) is 0 Å². The second kappa shape index (κ2) is 5.16. The smallest absolute Gasteiger partial charge is 0.335 e. The number of hydrogen-bond donors (Lipinski definition) is 2. The lowest BCUT2D eigenvalue weighted by Crippen LogP contribution is -2.12. The highest BCUT2D eigenvalue weighted by molar-refractivity contribution is 6.34. The van der Waals surface area contributed by atoms with Gasteiger partial charge in [0.15, 0.2) is 5.76 Å². The monoisotopic (exact) mass is 279 g/mol. The van der Waals surface area contributed by atoms with Gasteiger partial charge in [-0.1, -0.05) is 11.6 Å². The molecule has 2 aromatic rings. The van der Waals surface area contributed by atoms with E-state index in [0.29, 0.717) is 5.76 Å². The number of rotatable bonds is 3. The van der Waals surface area contributed by atoms with Gasteiger partial charge in [0.05, 0.1) is 16.3 Å². The molecule has 1 heterocycles. The molecule has 5 nitrogen and oxygen atoms in total. The molecule has 1 aromatic heterocycles. The summed E-state index contributed by atoms with van der Waals surface area (Å²) in [6, 6.07) is 7.24. The lowest BCUT2D eigenvalue weighted by atomic mass is 10.2. The minimum atomic E-state index is -1.10. The van der Waals surface area contributed by atoms with Crippen LogP contribution in [-0.4, -0.2) is 17.0 Å². The van der Waals surface area contributed by atoms with Crippen molar-refractivity contribution >= 4 is 29.2 Å². The summed E-state index contributed by atoms with van der Waals surface area (Å²) in [4.78, 5) is 22.7. The number of carbonyl (C=O) groups excluding carboxylic acids is 1. The average Bonchev–Trinajstić information content (AvgIpc) is 2.78. The zero-order valence-electron chi connectivity index (χ0n) is 9.94. The summed E-state index contributed by atoms with van der Waals surface area (Å²) in [5.41, 5.74) is 0.260. The Labute approximate surface area is 113 Å². The summed E-state index contributed by atoms with van der Waals surface area (Å²) in [6.45, 7) is 1.72. The van der Waals surface area contributed by atoms with Crippen molar-refractivity contribution in [1.29, 1.82) is 0 Å². The first kappa shape index (κ1) is 13.2. The Morgan fingerprint density at radius 2 is 2.00 bits per heavy atom. The van der Waals surface area contributed by atoms with Gasteiger partial charge in [0.1, 0.15) is 5.76 Å².